The maximum Gasteiger partial charge on any atom is 0.417 e. The summed E-state index contributed by atoms with van der Waals surface area (Å²) >= 11 is 0. The SMILES string of the molecule is O=C(O)c1ccc(C2=NN=C3CC=CC(C(=O)c4c(F)cccc4C(F)(F)F)=C32)cc1. The lowest BCUT2D eigenvalue weighted by Gasteiger charge is -2.17. The monoisotopic (exact) mass is 428 g/mol. The van der Waals surface area contributed by atoms with Crippen LogP contribution in [0.3, 0.4) is 0 Å². The molecule has 2 aliphatic rings. The Morgan fingerprint density at radius 1 is 1.00 bits per heavy atom. The molecule has 0 saturated heterocycles. The Labute approximate surface area is 172 Å². The molecule has 156 valence electrons. The van der Waals surface area contributed by atoms with Crippen molar-refractivity contribution in [1.29, 1.82) is 0 Å². The van der Waals surface area contributed by atoms with Gasteiger partial charge in [-0.25, -0.2) is 9.18 Å². The first-order valence-corrected chi connectivity index (χ1v) is 8.98. The lowest BCUT2D eigenvalue weighted by molar-refractivity contribution is -0.138. The van der Waals surface area contributed by atoms with Gasteiger partial charge in [-0.1, -0.05) is 30.4 Å². The molecule has 31 heavy (non-hydrogen) atoms. The van der Waals surface area contributed by atoms with Crippen molar-refractivity contribution < 1.29 is 32.3 Å². The van der Waals surface area contributed by atoms with Crippen LogP contribution < -0.4 is 0 Å². The Balaban J connectivity index is 1.85. The molecule has 0 radical (unpaired) electrons. The third-order valence-corrected chi connectivity index (χ3v) is 4.86. The number of hydrogen-bond donors (Lipinski definition) is 1. The predicted molar refractivity (Wildman–Crippen MR) is 104 cm³/mol. The largest absolute Gasteiger partial charge is 0.478 e. The molecule has 9 heteroatoms. The molecule has 4 rings (SSSR count). The van der Waals surface area contributed by atoms with Crippen molar-refractivity contribution in [2.45, 2.75) is 12.6 Å². The van der Waals surface area contributed by atoms with E-state index in [0.717, 1.165) is 12.1 Å². The summed E-state index contributed by atoms with van der Waals surface area (Å²) in [6.45, 7) is 0. The number of Topliss-reactive ketones (excluding diaryl/α,β-unsaturated/α-hetero) is 1. The van der Waals surface area contributed by atoms with Gasteiger partial charge in [0.15, 0.2) is 5.78 Å². The molecule has 0 unspecified atom stereocenters. The van der Waals surface area contributed by atoms with Gasteiger partial charge in [0, 0.05) is 23.1 Å². The van der Waals surface area contributed by atoms with Gasteiger partial charge in [0.2, 0.25) is 0 Å². The van der Waals surface area contributed by atoms with Crippen LogP contribution in [-0.4, -0.2) is 28.3 Å². The highest BCUT2D eigenvalue weighted by Gasteiger charge is 2.39. The summed E-state index contributed by atoms with van der Waals surface area (Å²) in [5, 5.41) is 17.1. The van der Waals surface area contributed by atoms with Crippen molar-refractivity contribution >= 4 is 23.2 Å². The molecule has 1 heterocycles. The number of halogens is 4. The van der Waals surface area contributed by atoms with Crippen LogP contribution in [0.4, 0.5) is 17.6 Å². The van der Waals surface area contributed by atoms with E-state index in [9.17, 15) is 27.2 Å². The molecule has 1 aliphatic heterocycles. The van der Waals surface area contributed by atoms with Gasteiger partial charge in [0.05, 0.1) is 22.4 Å². The predicted octanol–water partition coefficient (Wildman–Crippen LogP) is 4.84. The third-order valence-electron chi connectivity index (χ3n) is 4.86. The lowest BCUT2D eigenvalue weighted by atomic mass is 9.85. The Morgan fingerprint density at radius 2 is 1.71 bits per heavy atom. The summed E-state index contributed by atoms with van der Waals surface area (Å²) < 4.78 is 54.6. The number of rotatable bonds is 4. The summed E-state index contributed by atoms with van der Waals surface area (Å²) in [5.41, 5.74) is -1.41. The van der Waals surface area contributed by atoms with E-state index in [1.54, 1.807) is 0 Å². The highest BCUT2D eigenvalue weighted by atomic mass is 19.4. The molecule has 2 aromatic rings. The number of alkyl halides is 3. The number of carbonyl (C=O) groups excluding carboxylic acids is 1. The fraction of sp³-hybridized carbons (Fsp3) is 0.0909. The number of carbonyl (C=O) groups is 2. The molecule has 0 bridgehead atoms. The van der Waals surface area contributed by atoms with E-state index < -0.39 is 34.9 Å². The molecular formula is C22H12F4N2O3. The van der Waals surface area contributed by atoms with Crippen molar-refractivity contribution in [3.63, 3.8) is 0 Å². The highest BCUT2D eigenvalue weighted by Crippen LogP contribution is 2.36. The van der Waals surface area contributed by atoms with Gasteiger partial charge in [-0.2, -0.15) is 18.3 Å². The zero-order chi connectivity index (χ0) is 22.3. The maximum absolute atomic E-state index is 14.4. The molecule has 1 aliphatic carbocycles. The first-order valence-electron chi connectivity index (χ1n) is 8.98. The van der Waals surface area contributed by atoms with E-state index in [4.69, 9.17) is 5.11 Å². The van der Waals surface area contributed by atoms with Crippen molar-refractivity contribution in [3.8, 4) is 0 Å². The van der Waals surface area contributed by atoms with Crippen molar-refractivity contribution in [2.24, 2.45) is 10.2 Å². The van der Waals surface area contributed by atoms with Gasteiger partial charge >= 0.3 is 12.1 Å². The van der Waals surface area contributed by atoms with E-state index >= 15 is 0 Å². The molecule has 0 atom stereocenters. The van der Waals surface area contributed by atoms with Crippen molar-refractivity contribution in [1.82, 2.24) is 0 Å². The van der Waals surface area contributed by atoms with E-state index in [1.165, 1.54) is 36.4 Å². The molecule has 0 spiro atoms. The molecule has 0 fully saturated rings. The van der Waals surface area contributed by atoms with Gasteiger partial charge in [-0.3, -0.25) is 4.79 Å². The zero-order valence-electron chi connectivity index (χ0n) is 15.6. The Hall–Kier alpha value is -3.88. The van der Waals surface area contributed by atoms with Crippen LogP contribution >= 0.6 is 0 Å². The van der Waals surface area contributed by atoms with E-state index in [0.29, 0.717) is 17.3 Å². The fourth-order valence-corrected chi connectivity index (χ4v) is 3.43. The van der Waals surface area contributed by atoms with Crippen LogP contribution in [-0.2, 0) is 6.18 Å². The maximum atomic E-state index is 14.4. The summed E-state index contributed by atoms with van der Waals surface area (Å²) in [5.74, 6) is -3.56. The number of allylic oxidation sites excluding steroid dienone is 4. The average Bonchev–Trinajstić information content (AvgIpc) is 3.17. The first-order chi connectivity index (χ1) is 14.7. The standard InChI is InChI=1S/C22H12F4N2O3/c23-15-5-2-4-14(22(24,25)26)18(15)20(29)13-3-1-6-16-17(13)19(28-27-16)11-7-9-12(10-8-11)21(30)31/h1-5,7-10H,6H2,(H,30,31). The van der Waals surface area contributed by atoms with Crippen LogP contribution in [0.5, 0.6) is 0 Å². The Bertz CT molecular complexity index is 1240. The molecule has 5 nitrogen and oxygen atoms in total. The second-order valence-electron chi connectivity index (χ2n) is 6.76. The number of aromatic carboxylic acids is 1. The smallest absolute Gasteiger partial charge is 0.417 e. The summed E-state index contributed by atoms with van der Waals surface area (Å²) in [7, 11) is 0. The first kappa shape index (κ1) is 20.4. The van der Waals surface area contributed by atoms with Crippen LogP contribution in [0.15, 0.2) is 76.0 Å². The average molecular weight is 428 g/mol. The Kier molecular flexibility index (Phi) is 4.88. The minimum Gasteiger partial charge on any atom is -0.478 e. The quantitative estimate of drug-likeness (QED) is 0.559. The minimum absolute atomic E-state index is 0.0264. The van der Waals surface area contributed by atoms with E-state index in [2.05, 4.69) is 10.2 Å². The highest BCUT2D eigenvalue weighted by molar-refractivity contribution is 6.37. The van der Waals surface area contributed by atoms with E-state index in [-0.39, 0.29) is 28.8 Å². The van der Waals surface area contributed by atoms with E-state index in [1.807, 2.05) is 0 Å². The van der Waals surface area contributed by atoms with Crippen molar-refractivity contribution in [3.05, 3.63) is 93.8 Å². The number of carboxylic acids is 1. The summed E-state index contributed by atoms with van der Waals surface area (Å²) in [6, 6.07) is 7.91. The number of benzene rings is 2. The number of fused-ring (bicyclic) bond motifs is 1. The van der Waals surface area contributed by atoms with Gasteiger partial charge in [-0.15, -0.1) is 5.10 Å². The fourth-order valence-electron chi connectivity index (χ4n) is 3.43. The second-order valence-corrected chi connectivity index (χ2v) is 6.76. The van der Waals surface area contributed by atoms with Gasteiger partial charge in [0.25, 0.3) is 0 Å². The van der Waals surface area contributed by atoms with Gasteiger partial charge < -0.3 is 5.11 Å². The van der Waals surface area contributed by atoms with Gasteiger partial charge in [0.1, 0.15) is 11.5 Å². The number of ketones is 1. The molecule has 0 saturated carbocycles. The van der Waals surface area contributed by atoms with Gasteiger partial charge in [-0.05, 0) is 24.3 Å². The molecular weight excluding hydrogens is 416 g/mol. The third kappa shape index (κ3) is 3.58. The molecule has 0 aromatic heterocycles. The lowest BCUT2D eigenvalue weighted by Crippen LogP contribution is -2.22. The van der Waals surface area contributed by atoms with Crippen LogP contribution in [0.25, 0.3) is 0 Å². The normalized spacial score (nSPS) is 15.5. The molecule has 0 amide bonds. The number of carboxylic acid groups (broad SMARTS) is 1. The summed E-state index contributed by atoms with van der Waals surface area (Å²) in [6.07, 6.45) is -1.77. The molecule has 2 aromatic carbocycles. The molecule has 1 N–H and O–H groups in total. The van der Waals surface area contributed by atoms with Crippen LogP contribution in [0.1, 0.15) is 38.3 Å². The number of hydrogen-bond acceptors (Lipinski definition) is 4. The minimum atomic E-state index is -4.92. The second kappa shape index (κ2) is 7.42. The van der Waals surface area contributed by atoms with Crippen LogP contribution in [0, 0.1) is 5.82 Å². The van der Waals surface area contributed by atoms with Crippen LogP contribution in [0.2, 0.25) is 0 Å². The summed E-state index contributed by atoms with van der Waals surface area (Å²) in [4.78, 5) is 24.2. The number of nitrogens with zero attached hydrogens (tertiary/aromatic N) is 2. The van der Waals surface area contributed by atoms with Crippen molar-refractivity contribution in [2.75, 3.05) is 0 Å². The Morgan fingerprint density at radius 3 is 2.35 bits per heavy atom. The topological polar surface area (TPSA) is 79.1 Å². The zero-order valence-corrected chi connectivity index (χ0v) is 15.6.